The van der Waals surface area contributed by atoms with Crippen LogP contribution < -0.4 is 4.74 Å². The summed E-state index contributed by atoms with van der Waals surface area (Å²) in [6.07, 6.45) is 0. The minimum atomic E-state index is 0.0396. The molecular weight excluding hydrogens is 384 g/mol. The first kappa shape index (κ1) is 19.5. The lowest BCUT2D eigenvalue weighted by Crippen LogP contribution is -2.06. The van der Waals surface area contributed by atoms with Crippen molar-refractivity contribution < 1.29 is 13.9 Å². The van der Waals surface area contributed by atoms with Gasteiger partial charge in [-0.15, -0.1) is 10.2 Å². The molecule has 0 aliphatic rings. The normalized spacial score (nSPS) is 10.8. The van der Waals surface area contributed by atoms with Crippen LogP contribution in [0.1, 0.15) is 32.9 Å². The van der Waals surface area contributed by atoms with E-state index in [1.165, 1.54) is 17.3 Å². The molecule has 0 amide bonds. The third kappa shape index (κ3) is 5.11. The monoisotopic (exact) mass is 402 g/mol. The van der Waals surface area contributed by atoms with E-state index in [2.05, 4.69) is 10.2 Å². The molecule has 3 rings (SSSR count). The van der Waals surface area contributed by atoms with Crippen LogP contribution in [0.15, 0.2) is 46.0 Å². The maximum atomic E-state index is 12.5. The summed E-state index contributed by atoms with van der Waals surface area (Å²) in [5.41, 5.74) is 4.00. The van der Waals surface area contributed by atoms with Crippen molar-refractivity contribution in [2.45, 2.75) is 32.6 Å². The number of ketones is 1. The number of aryl methyl sites for hydroxylation is 3. The van der Waals surface area contributed by atoms with E-state index >= 15 is 0 Å². The van der Waals surface area contributed by atoms with Crippen molar-refractivity contribution in [3.05, 3.63) is 69.6 Å². The smallest absolute Gasteiger partial charge is 0.277 e. The van der Waals surface area contributed by atoms with Gasteiger partial charge in [-0.2, -0.15) is 0 Å². The quantitative estimate of drug-likeness (QED) is 0.399. The molecule has 0 bridgehead atoms. The molecule has 0 aliphatic carbocycles. The van der Waals surface area contributed by atoms with Gasteiger partial charge in [-0.1, -0.05) is 29.4 Å². The van der Waals surface area contributed by atoms with Gasteiger partial charge in [-0.25, -0.2) is 0 Å². The highest BCUT2D eigenvalue weighted by molar-refractivity contribution is 7.99. The summed E-state index contributed by atoms with van der Waals surface area (Å²) >= 11 is 7.06. The maximum absolute atomic E-state index is 12.5. The lowest BCUT2D eigenvalue weighted by atomic mass is 9.99. The van der Waals surface area contributed by atoms with Crippen molar-refractivity contribution in [2.24, 2.45) is 0 Å². The van der Waals surface area contributed by atoms with Crippen LogP contribution in [0.4, 0.5) is 0 Å². The fourth-order valence-electron chi connectivity index (χ4n) is 2.50. The number of thioether (sulfide) groups is 1. The molecule has 7 heteroatoms. The van der Waals surface area contributed by atoms with Gasteiger partial charge in [0.05, 0.1) is 5.75 Å². The summed E-state index contributed by atoms with van der Waals surface area (Å²) in [5, 5.41) is 8.89. The number of hydrogen-bond donors (Lipinski definition) is 0. The van der Waals surface area contributed by atoms with Crippen LogP contribution in [0.2, 0.25) is 5.02 Å². The number of aromatic nitrogens is 2. The summed E-state index contributed by atoms with van der Waals surface area (Å²) in [7, 11) is 0. The summed E-state index contributed by atoms with van der Waals surface area (Å²) in [4.78, 5) is 12.5. The Hall–Kier alpha value is -2.31. The van der Waals surface area contributed by atoms with Gasteiger partial charge in [-0.05, 0) is 67.8 Å². The van der Waals surface area contributed by atoms with Crippen LogP contribution >= 0.6 is 23.4 Å². The van der Waals surface area contributed by atoms with Crippen LogP contribution in [0.3, 0.4) is 0 Å². The molecule has 2 aromatic carbocycles. The molecule has 0 atom stereocenters. The van der Waals surface area contributed by atoms with Gasteiger partial charge in [0, 0.05) is 10.6 Å². The van der Waals surface area contributed by atoms with Crippen LogP contribution in [0.5, 0.6) is 5.75 Å². The molecular formula is C20H19ClN2O3S. The van der Waals surface area contributed by atoms with Crippen molar-refractivity contribution in [2.75, 3.05) is 5.75 Å². The van der Waals surface area contributed by atoms with E-state index in [0.29, 0.717) is 21.9 Å². The predicted molar refractivity (Wildman–Crippen MR) is 106 cm³/mol. The maximum Gasteiger partial charge on any atom is 0.277 e. The highest BCUT2D eigenvalue weighted by Gasteiger charge is 2.14. The third-order valence-corrected chi connectivity index (χ3v) is 5.16. The number of rotatable bonds is 7. The fourth-order valence-corrected chi connectivity index (χ4v) is 3.29. The van der Waals surface area contributed by atoms with E-state index in [4.69, 9.17) is 20.8 Å². The fraction of sp³-hybridized carbons (Fsp3) is 0.250. The van der Waals surface area contributed by atoms with Crippen LogP contribution in [0, 0.1) is 20.8 Å². The molecule has 0 radical (unpaired) electrons. The van der Waals surface area contributed by atoms with Gasteiger partial charge in [0.25, 0.3) is 11.1 Å². The Morgan fingerprint density at radius 2 is 1.78 bits per heavy atom. The Bertz CT molecular complexity index is 954. The van der Waals surface area contributed by atoms with Gasteiger partial charge < -0.3 is 9.15 Å². The van der Waals surface area contributed by atoms with Crippen molar-refractivity contribution in [1.82, 2.24) is 10.2 Å². The van der Waals surface area contributed by atoms with E-state index in [0.717, 1.165) is 16.7 Å². The molecule has 1 aromatic heterocycles. The molecule has 0 aliphatic heterocycles. The number of benzene rings is 2. The second kappa shape index (κ2) is 8.59. The van der Waals surface area contributed by atoms with E-state index in [1.54, 1.807) is 24.3 Å². The Kier molecular flexibility index (Phi) is 6.19. The second-order valence-electron chi connectivity index (χ2n) is 6.17. The van der Waals surface area contributed by atoms with Crippen molar-refractivity contribution >= 4 is 29.1 Å². The van der Waals surface area contributed by atoms with Gasteiger partial charge in [0.1, 0.15) is 5.75 Å². The first-order valence-corrected chi connectivity index (χ1v) is 9.73. The van der Waals surface area contributed by atoms with Crippen LogP contribution in [-0.2, 0) is 6.61 Å². The zero-order valence-corrected chi connectivity index (χ0v) is 16.9. The number of Topliss-reactive ketones (excluding diaryl/α,β-unsaturated/α-hetero) is 1. The Morgan fingerprint density at radius 1 is 1.07 bits per heavy atom. The topological polar surface area (TPSA) is 65.2 Å². The summed E-state index contributed by atoms with van der Waals surface area (Å²) in [5.74, 6) is 1.29. The second-order valence-corrected chi connectivity index (χ2v) is 7.53. The molecule has 0 fully saturated rings. The SMILES string of the molecule is Cc1cc(C)c(C(=O)CSc2nnc(COc3ccc(Cl)cc3)o2)cc1C. The average molecular weight is 403 g/mol. The van der Waals surface area contributed by atoms with Crippen LogP contribution in [0.25, 0.3) is 0 Å². The largest absolute Gasteiger partial charge is 0.484 e. The molecule has 0 spiro atoms. The highest BCUT2D eigenvalue weighted by Crippen LogP contribution is 2.22. The van der Waals surface area contributed by atoms with E-state index < -0.39 is 0 Å². The zero-order valence-electron chi connectivity index (χ0n) is 15.3. The molecule has 27 heavy (non-hydrogen) atoms. The van der Waals surface area contributed by atoms with Crippen LogP contribution in [-0.4, -0.2) is 21.7 Å². The first-order valence-electron chi connectivity index (χ1n) is 8.37. The number of hydrogen-bond acceptors (Lipinski definition) is 6. The van der Waals surface area contributed by atoms with Gasteiger partial charge in [-0.3, -0.25) is 4.79 Å². The van der Waals surface area contributed by atoms with Crippen molar-refractivity contribution in [3.63, 3.8) is 0 Å². The lowest BCUT2D eigenvalue weighted by Gasteiger charge is -2.08. The third-order valence-electron chi connectivity index (χ3n) is 4.09. The zero-order chi connectivity index (χ0) is 19.4. The molecule has 1 heterocycles. The van der Waals surface area contributed by atoms with Crippen molar-refractivity contribution in [1.29, 1.82) is 0 Å². The number of ether oxygens (including phenoxy) is 1. The number of carbonyl (C=O) groups excluding carboxylic acids is 1. The summed E-state index contributed by atoms with van der Waals surface area (Å²) in [6, 6.07) is 11.0. The molecule has 3 aromatic rings. The molecule has 0 unspecified atom stereocenters. The molecule has 140 valence electrons. The van der Waals surface area contributed by atoms with Gasteiger partial charge >= 0.3 is 0 Å². The predicted octanol–water partition coefficient (Wildman–Crippen LogP) is 5.20. The molecule has 0 N–H and O–H groups in total. The van der Waals surface area contributed by atoms with E-state index in [1.807, 2.05) is 32.9 Å². The standard InChI is InChI=1S/C20H19ClN2O3S/c1-12-8-14(3)17(9-13(12)2)18(24)11-27-20-23-22-19(26-20)10-25-16-6-4-15(21)5-7-16/h4-9H,10-11H2,1-3H3. The minimum absolute atomic E-state index is 0.0396. The molecule has 0 saturated carbocycles. The summed E-state index contributed by atoms with van der Waals surface area (Å²) in [6.45, 7) is 6.14. The Balaban J connectivity index is 1.55. The number of carbonyl (C=O) groups is 1. The summed E-state index contributed by atoms with van der Waals surface area (Å²) < 4.78 is 11.1. The average Bonchev–Trinajstić information content (AvgIpc) is 3.10. The number of halogens is 1. The van der Waals surface area contributed by atoms with E-state index in [-0.39, 0.29) is 18.1 Å². The number of nitrogens with zero attached hydrogens (tertiary/aromatic N) is 2. The van der Waals surface area contributed by atoms with Gasteiger partial charge in [0.15, 0.2) is 12.4 Å². The van der Waals surface area contributed by atoms with E-state index in [9.17, 15) is 4.79 Å². The molecule has 5 nitrogen and oxygen atoms in total. The molecule has 0 saturated heterocycles. The first-order chi connectivity index (χ1) is 12.9. The Morgan fingerprint density at radius 3 is 2.52 bits per heavy atom. The lowest BCUT2D eigenvalue weighted by molar-refractivity contribution is 0.102. The highest BCUT2D eigenvalue weighted by atomic mass is 35.5. The van der Waals surface area contributed by atoms with Gasteiger partial charge in [0.2, 0.25) is 0 Å². The van der Waals surface area contributed by atoms with Crippen molar-refractivity contribution in [3.8, 4) is 5.75 Å². The Labute approximate surface area is 167 Å². The minimum Gasteiger partial charge on any atom is -0.484 e.